The van der Waals surface area contributed by atoms with Crippen LogP contribution >= 0.6 is 11.6 Å². The van der Waals surface area contributed by atoms with Crippen molar-refractivity contribution >= 4 is 28.3 Å². The molecule has 3 rings (SSSR count). The molecular formula is C28H33ClN2OS. The topological polar surface area (TPSA) is 41.5 Å². The van der Waals surface area contributed by atoms with Crippen LogP contribution in [0.25, 0.3) is 0 Å². The Morgan fingerprint density at radius 1 is 0.848 bits per heavy atom. The summed E-state index contributed by atoms with van der Waals surface area (Å²) in [7, 11) is -1.26. The molecule has 0 heterocycles. The highest BCUT2D eigenvalue weighted by Gasteiger charge is 2.32. The van der Waals surface area contributed by atoms with E-state index in [2.05, 4.69) is 42.8 Å². The van der Waals surface area contributed by atoms with Crippen LogP contribution in [0.1, 0.15) is 57.4 Å². The molecule has 0 unspecified atom stereocenters. The fraction of sp³-hybridized carbons (Fsp3) is 0.321. The molecule has 1 N–H and O–H groups in total. The van der Waals surface area contributed by atoms with Crippen molar-refractivity contribution in [3.05, 3.63) is 107 Å². The van der Waals surface area contributed by atoms with E-state index in [9.17, 15) is 4.21 Å². The summed E-state index contributed by atoms with van der Waals surface area (Å²) >= 11 is 6.70. The van der Waals surface area contributed by atoms with Gasteiger partial charge in [0.05, 0.1) is 27.5 Å². The fourth-order valence-corrected chi connectivity index (χ4v) is 4.82. The summed E-state index contributed by atoms with van der Waals surface area (Å²) in [5, 5.41) is 0.653. The lowest BCUT2D eigenvalue weighted by Gasteiger charge is -2.32. The molecule has 0 bridgehead atoms. The molecule has 0 aromatic heterocycles. The van der Waals surface area contributed by atoms with E-state index in [0.717, 1.165) is 22.4 Å². The van der Waals surface area contributed by atoms with Crippen LogP contribution in [0.3, 0.4) is 0 Å². The van der Waals surface area contributed by atoms with E-state index in [1.165, 1.54) is 0 Å². The molecular weight excluding hydrogens is 448 g/mol. The van der Waals surface area contributed by atoms with Crippen LogP contribution in [0.2, 0.25) is 5.02 Å². The normalized spacial score (nSPS) is 14.5. The van der Waals surface area contributed by atoms with E-state index in [0.29, 0.717) is 5.02 Å². The molecule has 0 amide bonds. The summed E-state index contributed by atoms with van der Waals surface area (Å²) in [6, 6.07) is 27.6. The minimum atomic E-state index is -1.26. The lowest BCUT2D eigenvalue weighted by Crippen LogP contribution is -2.45. The Balaban J connectivity index is 2.22. The van der Waals surface area contributed by atoms with Crippen molar-refractivity contribution in [3.8, 4) is 0 Å². The zero-order valence-electron chi connectivity index (χ0n) is 20.0. The van der Waals surface area contributed by atoms with Gasteiger partial charge in [0.1, 0.15) is 0 Å². The molecule has 0 saturated carbocycles. The molecule has 0 aliphatic carbocycles. The SMILES string of the molecule is CC(C)[C@@H](N[S@](=O)C(C)(C)C)[C@@H](N=C(c1ccccc1)c1ccccc1)c1ccccc1Cl. The first-order valence-electron chi connectivity index (χ1n) is 11.3. The average Bonchev–Trinajstić information content (AvgIpc) is 2.79. The van der Waals surface area contributed by atoms with Gasteiger partial charge in [0.2, 0.25) is 0 Å². The van der Waals surface area contributed by atoms with Crippen molar-refractivity contribution in [2.75, 3.05) is 0 Å². The highest BCUT2D eigenvalue weighted by molar-refractivity contribution is 7.84. The van der Waals surface area contributed by atoms with E-state index in [1.807, 2.05) is 81.4 Å². The molecule has 3 nitrogen and oxygen atoms in total. The molecule has 0 spiro atoms. The van der Waals surface area contributed by atoms with Gasteiger partial charge >= 0.3 is 0 Å². The average molecular weight is 481 g/mol. The summed E-state index contributed by atoms with van der Waals surface area (Å²) in [4.78, 5) is 5.34. The molecule has 0 radical (unpaired) electrons. The van der Waals surface area contributed by atoms with Crippen molar-refractivity contribution in [1.29, 1.82) is 0 Å². The van der Waals surface area contributed by atoms with Gasteiger partial charge in [-0.15, -0.1) is 0 Å². The second kappa shape index (κ2) is 11.2. The van der Waals surface area contributed by atoms with Gasteiger partial charge in [-0.3, -0.25) is 4.99 Å². The number of nitrogens with one attached hydrogen (secondary N) is 1. The summed E-state index contributed by atoms with van der Waals surface area (Å²) in [5.41, 5.74) is 3.86. The van der Waals surface area contributed by atoms with Crippen molar-refractivity contribution in [1.82, 2.24) is 4.72 Å². The van der Waals surface area contributed by atoms with E-state index < -0.39 is 15.7 Å². The Morgan fingerprint density at radius 3 is 1.79 bits per heavy atom. The first kappa shape index (κ1) is 25.4. The molecule has 5 heteroatoms. The van der Waals surface area contributed by atoms with Crippen LogP contribution in [0.5, 0.6) is 0 Å². The van der Waals surface area contributed by atoms with Crippen molar-refractivity contribution in [2.45, 2.75) is 51.4 Å². The largest absolute Gasteiger partial charge is 0.274 e. The summed E-state index contributed by atoms with van der Waals surface area (Å²) in [5.74, 6) is 0.161. The lowest BCUT2D eigenvalue weighted by atomic mass is 9.91. The molecule has 0 fully saturated rings. The van der Waals surface area contributed by atoms with Gasteiger partial charge in [-0.1, -0.05) is 104 Å². The van der Waals surface area contributed by atoms with Crippen molar-refractivity contribution in [3.63, 3.8) is 0 Å². The Kier molecular flexibility index (Phi) is 8.63. The summed E-state index contributed by atoms with van der Waals surface area (Å²) in [6.45, 7) is 10.2. The van der Waals surface area contributed by atoms with E-state index >= 15 is 0 Å². The fourth-order valence-electron chi connectivity index (χ4n) is 3.57. The number of aliphatic imine (C=N–C) groups is 1. The Labute approximate surface area is 205 Å². The number of nitrogens with zero attached hydrogens (tertiary/aromatic N) is 1. The smallest absolute Gasteiger partial charge is 0.0973 e. The third kappa shape index (κ3) is 6.63. The van der Waals surface area contributed by atoms with Crippen molar-refractivity contribution in [2.24, 2.45) is 10.9 Å². The van der Waals surface area contributed by atoms with Crippen LogP contribution in [0.15, 0.2) is 89.9 Å². The summed E-state index contributed by atoms with van der Waals surface area (Å²) in [6.07, 6.45) is 0. The molecule has 0 saturated heterocycles. The quantitative estimate of drug-likeness (QED) is 0.346. The number of rotatable bonds is 8. The monoisotopic (exact) mass is 480 g/mol. The highest BCUT2D eigenvalue weighted by atomic mass is 35.5. The molecule has 0 aliphatic heterocycles. The zero-order valence-corrected chi connectivity index (χ0v) is 21.5. The molecule has 174 valence electrons. The maximum Gasteiger partial charge on any atom is 0.0973 e. The van der Waals surface area contributed by atoms with Crippen LogP contribution in [-0.2, 0) is 11.0 Å². The Bertz CT molecular complexity index is 1050. The van der Waals surface area contributed by atoms with Gasteiger partial charge < -0.3 is 0 Å². The standard InChI is InChI=1S/C28H33ClN2OS/c1-20(2)25(31-33(32)28(3,4)5)27(23-18-12-13-19-24(23)29)30-26(21-14-8-6-9-15-21)22-16-10-7-11-17-22/h6-20,25,27,31H,1-5H3/t25-,27+,33-/m1/s1. The Hall–Kier alpha value is -2.27. The molecule has 3 aromatic carbocycles. The maximum absolute atomic E-state index is 13.1. The third-order valence-corrected chi connectivity index (χ3v) is 7.39. The first-order valence-corrected chi connectivity index (χ1v) is 12.8. The number of hydrogen-bond donors (Lipinski definition) is 1. The second-order valence-corrected chi connectivity index (χ2v) is 11.8. The highest BCUT2D eigenvalue weighted by Crippen LogP contribution is 2.33. The van der Waals surface area contributed by atoms with E-state index in [1.54, 1.807) is 0 Å². The van der Waals surface area contributed by atoms with Crippen LogP contribution in [0.4, 0.5) is 0 Å². The number of hydrogen-bond acceptors (Lipinski definition) is 2. The number of halogens is 1. The van der Waals surface area contributed by atoms with E-state index in [-0.39, 0.29) is 18.0 Å². The van der Waals surface area contributed by atoms with E-state index in [4.69, 9.17) is 16.6 Å². The Morgan fingerprint density at radius 2 is 1.33 bits per heavy atom. The first-order chi connectivity index (χ1) is 15.7. The van der Waals surface area contributed by atoms with Gasteiger partial charge in [0.25, 0.3) is 0 Å². The maximum atomic E-state index is 13.1. The summed E-state index contributed by atoms with van der Waals surface area (Å²) < 4.78 is 16.1. The van der Waals surface area contributed by atoms with Gasteiger partial charge in [-0.25, -0.2) is 8.93 Å². The second-order valence-electron chi connectivity index (χ2n) is 9.44. The van der Waals surface area contributed by atoms with Crippen LogP contribution in [0, 0.1) is 5.92 Å². The van der Waals surface area contributed by atoms with Gasteiger partial charge in [-0.05, 0) is 38.3 Å². The van der Waals surface area contributed by atoms with Crippen LogP contribution < -0.4 is 4.72 Å². The molecule has 3 aromatic rings. The van der Waals surface area contributed by atoms with Crippen molar-refractivity contribution < 1.29 is 4.21 Å². The third-order valence-electron chi connectivity index (χ3n) is 5.44. The van der Waals surface area contributed by atoms with Crippen LogP contribution in [-0.4, -0.2) is 20.7 Å². The zero-order chi connectivity index (χ0) is 24.0. The number of benzene rings is 3. The molecule has 33 heavy (non-hydrogen) atoms. The minimum Gasteiger partial charge on any atom is -0.274 e. The van der Waals surface area contributed by atoms with Gasteiger partial charge in [0, 0.05) is 22.2 Å². The predicted molar refractivity (Wildman–Crippen MR) is 142 cm³/mol. The molecule has 0 aliphatic rings. The van der Waals surface area contributed by atoms with Gasteiger partial charge in [0.15, 0.2) is 0 Å². The molecule has 3 atom stereocenters. The predicted octanol–water partition coefficient (Wildman–Crippen LogP) is 7.00. The minimum absolute atomic E-state index is 0.161. The van der Waals surface area contributed by atoms with Gasteiger partial charge in [-0.2, -0.15) is 0 Å². The lowest BCUT2D eigenvalue weighted by molar-refractivity contribution is 0.395.